The molecule has 1 amide bonds. The summed E-state index contributed by atoms with van der Waals surface area (Å²) in [5.74, 6) is -0.282. The van der Waals surface area contributed by atoms with Gasteiger partial charge in [-0.15, -0.1) is 0 Å². The normalized spacial score (nSPS) is 19.6. The van der Waals surface area contributed by atoms with E-state index in [1.807, 2.05) is 32.2 Å². The zero-order valence-electron chi connectivity index (χ0n) is 24.4. The van der Waals surface area contributed by atoms with E-state index in [1.54, 1.807) is 30.4 Å². The number of halogens is 1. The molecule has 10 nitrogen and oxygen atoms in total. The molecule has 4 aromatic rings. The van der Waals surface area contributed by atoms with Gasteiger partial charge in [-0.2, -0.15) is 0 Å². The van der Waals surface area contributed by atoms with Gasteiger partial charge in [0.2, 0.25) is 21.8 Å². The molecule has 0 saturated heterocycles. The predicted octanol–water partition coefficient (Wildman–Crippen LogP) is 4.37. The topological polar surface area (TPSA) is 126 Å². The van der Waals surface area contributed by atoms with Crippen LogP contribution in [0.25, 0.3) is 22.0 Å². The Bertz CT molecular complexity index is 1830. The Kier molecular flexibility index (Phi) is 7.29. The van der Waals surface area contributed by atoms with E-state index >= 15 is 4.39 Å². The third-order valence-electron chi connectivity index (χ3n) is 8.19. The predicted molar refractivity (Wildman–Crippen MR) is 163 cm³/mol. The fraction of sp³-hybridized carbons (Fsp3) is 0.355. The first-order chi connectivity index (χ1) is 20.5. The van der Waals surface area contributed by atoms with Crippen molar-refractivity contribution < 1.29 is 22.3 Å². The van der Waals surface area contributed by atoms with Crippen LogP contribution in [0.15, 0.2) is 55.1 Å². The minimum absolute atomic E-state index is 0.00224. The second-order valence-electron chi connectivity index (χ2n) is 11.6. The van der Waals surface area contributed by atoms with Crippen LogP contribution < -0.4 is 19.7 Å². The summed E-state index contributed by atoms with van der Waals surface area (Å²) in [5.41, 5.74) is 2.98. The van der Waals surface area contributed by atoms with Crippen molar-refractivity contribution in [2.24, 2.45) is 0 Å². The highest BCUT2D eigenvalue weighted by Crippen LogP contribution is 2.60. The Balaban J connectivity index is 1.41. The smallest absolute Gasteiger partial charge is 0.238 e. The quantitative estimate of drug-likeness (QED) is 0.270. The van der Waals surface area contributed by atoms with Crippen LogP contribution in [0, 0.1) is 5.82 Å². The Morgan fingerprint density at radius 2 is 1.95 bits per heavy atom. The molecule has 1 fully saturated rings. The van der Waals surface area contributed by atoms with Crippen LogP contribution in [0.1, 0.15) is 43.7 Å². The molecule has 12 heteroatoms. The number of amides is 1. The minimum Gasteiger partial charge on any atom is -0.475 e. The van der Waals surface area contributed by atoms with Gasteiger partial charge in [0.15, 0.2) is 0 Å². The summed E-state index contributed by atoms with van der Waals surface area (Å²) < 4.78 is 48.2. The summed E-state index contributed by atoms with van der Waals surface area (Å²) in [6.07, 6.45) is 8.91. The number of sulfonamides is 1. The van der Waals surface area contributed by atoms with Crippen molar-refractivity contribution in [1.82, 2.24) is 20.3 Å². The largest absolute Gasteiger partial charge is 0.475 e. The molecule has 224 valence electrons. The molecule has 0 unspecified atom stereocenters. The number of carbonyl (C=O) groups is 1. The van der Waals surface area contributed by atoms with Crippen molar-refractivity contribution in [2.45, 2.75) is 44.1 Å². The van der Waals surface area contributed by atoms with E-state index in [1.165, 1.54) is 18.3 Å². The van der Waals surface area contributed by atoms with Crippen molar-refractivity contribution in [3.05, 3.63) is 72.1 Å². The third-order valence-corrected chi connectivity index (χ3v) is 8.78. The van der Waals surface area contributed by atoms with E-state index in [0.29, 0.717) is 41.5 Å². The summed E-state index contributed by atoms with van der Waals surface area (Å²) in [5, 5.41) is 3.90. The van der Waals surface area contributed by atoms with E-state index in [2.05, 4.69) is 25.0 Å². The number of anilines is 2. The number of likely N-dealkylation sites (N-methyl/N-ethyl adjacent to an activating group) is 1. The average molecular weight is 605 g/mol. The second-order valence-corrected chi connectivity index (χ2v) is 13.4. The van der Waals surface area contributed by atoms with Crippen molar-refractivity contribution in [3.63, 3.8) is 0 Å². The number of hydrogen-bond donors (Lipinski definition) is 2. The Hall–Kier alpha value is -4.16. The number of hydrogen-bond acceptors (Lipinski definition) is 8. The molecule has 3 aromatic heterocycles. The lowest BCUT2D eigenvalue weighted by Crippen LogP contribution is -2.47. The van der Waals surface area contributed by atoms with Gasteiger partial charge in [0.05, 0.1) is 29.1 Å². The Morgan fingerprint density at radius 1 is 1.16 bits per heavy atom. The highest BCUT2D eigenvalue weighted by atomic mass is 32.2. The van der Waals surface area contributed by atoms with Gasteiger partial charge in [0.25, 0.3) is 0 Å². The lowest BCUT2D eigenvalue weighted by molar-refractivity contribution is -0.126. The zero-order chi connectivity index (χ0) is 30.5. The molecule has 1 aromatic carbocycles. The number of ether oxygens (including phenoxy) is 1. The van der Waals surface area contributed by atoms with E-state index in [4.69, 9.17) is 4.74 Å². The van der Waals surface area contributed by atoms with Crippen LogP contribution in [0.3, 0.4) is 0 Å². The Labute approximate surface area is 249 Å². The van der Waals surface area contributed by atoms with Gasteiger partial charge in [-0.3, -0.25) is 19.5 Å². The van der Waals surface area contributed by atoms with Crippen molar-refractivity contribution in [2.75, 3.05) is 36.1 Å². The van der Waals surface area contributed by atoms with Crippen molar-refractivity contribution in [3.8, 4) is 17.0 Å². The molecule has 43 heavy (non-hydrogen) atoms. The summed E-state index contributed by atoms with van der Waals surface area (Å²) in [4.78, 5) is 28.4. The number of fused-ring (bicyclic) bond motifs is 4. The number of aromatic nitrogens is 3. The zero-order valence-corrected chi connectivity index (χ0v) is 25.2. The molecule has 1 saturated carbocycles. The summed E-state index contributed by atoms with van der Waals surface area (Å²) in [7, 11) is -1.94. The molecule has 0 radical (unpaired) electrons. The maximum Gasteiger partial charge on any atom is 0.238 e. The Morgan fingerprint density at radius 3 is 2.65 bits per heavy atom. The fourth-order valence-electron chi connectivity index (χ4n) is 6.21. The van der Waals surface area contributed by atoms with E-state index in [-0.39, 0.29) is 41.6 Å². The first-order valence-electron chi connectivity index (χ1n) is 14.1. The summed E-state index contributed by atoms with van der Waals surface area (Å²) in [6, 6.07) is 8.73. The second kappa shape index (κ2) is 10.8. The lowest BCUT2D eigenvalue weighted by Gasteiger charge is -2.44. The van der Waals surface area contributed by atoms with Gasteiger partial charge in [-0.05, 0) is 42.5 Å². The summed E-state index contributed by atoms with van der Waals surface area (Å²) >= 11 is 0. The number of rotatable bonds is 9. The van der Waals surface area contributed by atoms with Crippen LogP contribution in [0.5, 0.6) is 5.88 Å². The van der Waals surface area contributed by atoms with Crippen LogP contribution in [-0.2, 0) is 20.2 Å². The number of carbonyl (C=O) groups excluding carboxylic acids is 1. The maximum atomic E-state index is 15.6. The highest BCUT2D eigenvalue weighted by molar-refractivity contribution is 7.92. The highest BCUT2D eigenvalue weighted by Gasteiger charge is 2.58. The molecule has 2 N–H and O–H groups in total. The van der Waals surface area contributed by atoms with Crippen molar-refractivity contribution in [1.29, 1.82) is 0 Å². The number of benzene rings is 1. The van der Waals surface area contributed by atoms with Gasteiger partial charge >= 0.3 is 0 Å². The number of nitrogens with zero attached hydrogens (tertiary/aromatic N) is 4. The standard InChI is InChI=1S/C31H33FN6O4S/c1-18(2)34-8-9-42-29-26(37-43(4,40)41)10-20(16-36-29)22-11-23-25(12-24(22)32)35-17-27-28(23)31(30(39)38(27)3)13-21(14-31)19-6-5-7-33-15-19/h5-7,10-12,15-18,21,34,37H,8-9,13-14H2,1-4H3. The van der Waals surface area contributed by atoms with Crippen LogP contribution in [-0.4, -0.2) is 61.8 Å². The first-order valence-corrected chi connectivity index (χ1v) is 16.0. The van der Waals surface area contributed by atoms with Gasteiger partial charge in [0.1, 0.15) is 18.1 Å². The molecule has 4 heterocycles. The maximum absolute atomic E-state index is 15.6. The van der Waals surface area contributed by atoms with Gasteiger partial charge in [-0.25, -0.2) is 17.8 Å². The first kappa shape index (κ1) is 28.9. The van der Waals surface area contributed by atoms with E-state index in [9.17, 15) is 13.2 Å². The molecular formula is C31H33FN6O4S. The molecule has 1 aliphatic heterocycles. The third kappa shape index (κ3) is 5.29. The van der Waals surface area contributed by atoms with E-state index in [0.717, 1.165) is 17.4 Å². The molecule has 1 spiro atoms. The monoisotopic (exact) mass is 604 g/mol. The van der Waals surface area contributed by atoms with Crippen LogP contribution in [0.2, 0.25) is 0 Å². The lowest BCUT2D eigenvalue weighted by atomic mass is 9.57. The van der Waals surface area contributed by atoms with Crippen LogP contribution >= 0.6 is 0 Å². The molecule has 0 bridgehead atoms. The number of nitrogens with one attached hydrogen (secondary N) is 2. The summed E-state index contributed by atoms with van der Waals surface area (Å²) in [6.45, 7) is 4.81. The molecular weight excluding hydrogens is 571 g/mol. The van der Waals surface area contributed by atoms with Gasteiger partial charge < -0.3 is 15.0 Å². The molecule has 6 rings (SSSR count). The molecule has 0 atom stereocenters. The SMILES string of the molecule is CC(C)NCCOc1ncc(-c2cc3c4c(cnc3cc2F)N(C)C(=O)C42CC(c3cccnc3)C2)cc1NS(C)(=O)=O. The average Bonchev–Trinajstić information content (AvgIpc) is 3.16. The number of pyridine rings is 3. The van der Waals surface area contributed by atoms with Gasteiger partial charge in [-0.1, -0.05) is 19.9 Å². The van der Waals surface area contributed by atoms with Gasteiger partial charge in [0, 0.05) is 66.4 Å². The molecule has 1 aliphatic carbocycles. The van der Waals surface area contributed by atoms with Crippen molar-refractivity contribution >= 4 is 38.2 Å². The van der Waals surface area contributed by atoms with E-state index < -0.39 is 21.3 Å². The van der Waals surface area contributed by atoms with Crippen LogP contribution in [0.4, 0.5) is 15.8 Å². The minimum atomic E-state index is -3.68. The fourth-order valence-corrected chi connectivity index (χ4v) is 6.76. The molecule has 2 aliphatic rings.